The maximum absolute atomic E-state index is 7.34. The summed E-state index contributed by atoms with van der Waals surface area (Å²) in [5.74, 6) is 2.46. The van der Waals surface area contributed by atoms with Crippen LogP contribution in [-0.2, 0) is 5.60 Å². The summed E-state index contributed by atoms with van der Waals surface area (Å²) in [4.78, 5) is 8.31. The van der Waals surface area contributed by atoms with E-state index in [1.54, 1.807) is 18.4 Å². The van der Waals surface area contributed by atoms with Crippen molar-refractivity contribution in [2.45, 2.75) is 19.4 Å². The van der Waals surface area contributed by atoms with Crippen molar-refractivity contribution in [2.75, 3.05) is 38.0 Å². The third-order valence-corrected chi connectivity index (χ3v) is 9.61. The third kappa shape index (κ3) is 4.84. The number of nitrogens with zero attached hydrogens (tertiary/aromatic N) is 2. The van der Waals surface area contributed by atoms with E-state index in [0.29, 0.717) is 6.61 Å². The van der Waals surface area contributed by atoms with Crippen LogP contribution in [0, 0.1) is 6.92 Å². The lowest BCUT2D eigenvalue weighted by atomic mass is 9.77. The highest BCUT2D eigenvalue weighted by atomic mass is 32.1. The van der Waals surface area contributed by atoms with Crippen LogP contribution in [0.15, 0.2) is 103 Å². The van der Waals surface area contributed by atoms with Crippen LogP contribution in [0.3, 0.4) is 0 Å². The number of para-hydroxylation sites is 1. The van der Waals surface area contributed by atoms with Gasteiger partial charge in [-0.3, -0.25) is 0 Å². The first-order valence-electron chi connectivity index (χ1n) is 15.1. The molecular weight excluding hydrogens is 579 g/mol. The van der Waals surface area contributed by atoms with E-state index < -0.39 is 5.60 Å². The Bertz CT molecular complexity index is 2020. The van der Waals surface area contributed by atoms with E-state index in [-0.39, 0.29) is 0 Å². The van der Waals surface area contributed by atoms with Crippen molar-refractivity contribution < 1.29 is 14.2 Å². The summed E-state index contributed by atoms with van der Waals surface area (Å²) in [5.41, 5.74) is 6.13. The molecule has 6 nitrogen and oxygen atoms in total. The van der Waals surface area contributed by atoms with E-state index in [2.05, 4.69) is 71.7 Å². The fourth-order valence-electron chi connectivity index (χ4n) is 6.21. The molecule has 226 valence electrons. The summed E-state index contributed by atoms with van der Waals surface area (Å²) in [6.07, 6.45) is 0. The molecule has 7 rings (SSSR count). The van der Waals surface area contributed by atoms with E-state index >= 15 is 0 Å². The Balaban J connectivity index is 1.49. The highest BCUT2D eigenvalue weighted by molar-refractivity contribution is 7.16. The molecule has 0 saturated heterocycles. The normalized spacial score (nSPS) is 15.1. The molecule has 1 unspecified atom stereocenters. The van der Waals surface area contributed by atoms with Gasteiger partial charge >= 0.3 is 0 Å². The van der Waals surface area contributed by atoms with Gasteiger partial charge in [0.15, 0.2) is 10.7 Å². The quantitative estimate of drug-likeness (QED) is 0.185. The number of aryl methyl sites for hydroxylation is 1. The Labute approximate surface area is 267 Å². The first-order chi connectivity index (χ1) is 21.9. The summed E-state index contributed by atoms with van der Waals surface area (Å²) < 4.78 is 18.6. The van der Waals surface area contributed by atoms with Crippen molar-refractivity contribution in [3.05, 3.63) is 125 Å². The molecule has 45 heavy (non-hydrogen) atoms. The number of anilines is 3. The van der Waals surface area contributed by atoms with Crippen molar-refractivity contribution in [3.8, 4) is 28.5 Å². The molecular formula is C38H35N3O3S. The van der Waals surface area contributed by atoms with Crippen molar-refractivity contribution in [1.82, 2.24) is 4.98 Å². The van der Waals surface area contributed by atoms with Gasteiger partial charge in [-0.15, -0.1) is 0 Å². The van der Waals surface area contributed by atoms with E-state index in [1.165, 1.54) is 0 Å². The standard InChI is InChI=1S/C38H35N3O3S/c1-6-43-26-17-15-25(16-18-26)39-33-22-21-32(28-11-7-8-12-29(28)33)38(31-20-19-27(42-5)23-24(31)2)36-35(40-37(45-36)41(3)4)30-13-9-10-14-34(30)44-38/h7-23,39H,6H2,1-5H3. The smallest absolute Gasteiger partial charge is 0.196 e. The summed E-state index contributed by atoms with van der Waals surface area (Å²) in [5, 5.41) is 6.76. The van der Waals surface area contributed by atoms with Crippen LogP contribution < -0.4 is 24.4 Å². The number of methoxy groups -OCH3 is 1. The number of benzene rings is 5. The molecule has 7 heteroatoms. The molecule has 1 aliphatic rings. The Morgan fingerprint density at radius 3 is 2.29 bits per heavy atom. The van der Waals surface area contributed by atoms with Crippen LogP contribution in [0.1, 0.15) is 28.5 Å². The van der Waals surface area contributed by atoms with Crippen LogP contribution >= 0.6 is 11.3 Å². The van der Waals surface area contributed by atoms with E-state index in [1.807, 2.05) is 69.6 Å². The average Bonchev–Trinajstić information content (AvgIpc) is 3.53. The second-order valence-electron chi connectivity index (χ2n) is 11.3. The van der Waals surface area contributed by atoms with Gasteiger partial charge in [0.05, 0.1) is 24.3 Å². The van der Waals surface area contributed by atoms with Crippen LogP contribution in [0.4, 0.5) is 16.5 Å². The number of fused-ring (bicyclic) bond motifs is 4. The average molecular weight is 614 g/mol. The van der Waals surface area contributed by atoms with E-state index in [0.717, 1.165) is 77.4 Å². The minimum atomic E-state index is -0.969. The van der Waals surface area contributed by atoms with Gasteiger partial charge in [-0.2, -0.15) is 0 Å². The minimum Gasteiger partial charge on any atom is -0.497 e. The number of nitrogens with one attached hydrogen (secondary N) is 1. The van der Waals surface area contributed by atoms with Crippen LogP contribution in [0.5, 0.6) is 17.2 Å². The number of hydrogen-bond donors (Lipinski definition) is 1. The van der Waals surface area contributed by atoms with Gasteiger partial charge in [0.25, 0.3) is 0 Å². The number of rotatable bonds is 8. The Hall–Kier alpha value is -5.01. The highest BCUT2D eigenvalue weighted by Gasteiger charge is 2.49. The first-order valence-corrected chi connectivity index (χ1v) is 15.9. The number of ether oxygens (including phenoxy) is 3. The zero-order chi connectivity index (χ0) is 31.1. The second kappa shape index (κ2) is 11.5. The van der Waals surface area contributed by atoms with Gasteiger partial charge in [0.1, 0.15) is 17.2 Å². The molecule has 2 heterocycles. The second-order valence-corrected chi connectivity index (χ2v) is 12.3. The molecule has 1 aliphatic heterocycles. The molecule has 0 amide bonds. The summed E-state index contributed by atoms with van der Waals surface area (Å²) in [6, 6.07) is 35.4. The lowest BCUT2D eigenvalue weighted by Crippen LogP contribution is -2.38. The predicted octanol–water partition coefficient (Wildman–Crippen LogP) is 9.17. The molecule has 6 aromatic rings. The first kappa shape index (κ1) is 28.7. The van der Waals surface area contributed by atoms with Crippen LogP contribution in [0.25, 0.3) is 22.0 Å². The summed E-state index contributed by atoms with van der Waals surface area (Å²) in [6.45, 7) is 4.75. The molecule has 1 aromatic heterocycles. The van der Waals surface area contributed by atoms with Gasteiger partial charge in [-0.05, 0) is 79.4 Å². The zero-order valence-corrected chi connectivity index (χ0v) is 26.9. The molecule has 0 saturated carbocycles. The van der Waals surface area contributed by atoms with Gasteiger partial charge in [-0.25, -0.2) is 4.98 Å². The molecule has 0 radical (unpaired) electrons. The highest BCUT2D eigenvalue weighted by Crippen LogP contribution is 2.56. The molecule has 0 bridgehead atoms. The number of hydrogen-bond acceptors (Lipinski definition) is 7. The molecule has 0 fully saturated rings. The SMILES string of the molecule is CCOc1ccc(Nc2ccc(C3(c4ccc(OC)cc4C)Oc4ccccc4-c4nc(N(C)C)sc43)c3ccccc23)cc1. The Morgan fingerprint density at radius 2 is 1.56 bits per heavy atom. The van der Waals surface area contributed by atoms with Crippen LogP contribution in [-0.4, -0.2) is 32.8 Å². The summed E-state index contributed by atoms with van der Waals surface area (Å²) >= 11 is 1.67. The molecule has 0 aliphatic carbocycles. The topological polar surface area (TPSA) is 55.9 Å². The fraction of sp³-hybridized carbons (Fsp3) is 0.184. The predicted molar refractivity (Wildman–Crippen MR) is 185 cm³/mol. The number of thiazole rings is 1. The number of aromatic nitrogens is 1. The maximum atomic E-state index is 7.34. The van der Waals surface area contributed by atoms with E-state index in [9.17, 15) is 0 Å². The van der Waals surface area contributed by atoms with Crippen molar-refractivity contribution in [1.29, 1.82) is 0 Å². The van der Waals surface area contributed by atoms with Gasteiger partial charge in [-0.1, -0.05) is 59.9 Å². The molecule has 5 aromatic carbocycles. The van der Waals surface area contributed by atoms with Crippen molar-refractivity contribution in [3.63, 3.8) is 0 Å². The van der Waals surface area contributed by atoms with Crippen molar-refractivity contribution in [2.24, 2.45) is 0 Å². The monoisotopic (exact) mass is 613 g/mol. The fourth-order valence-corrected chi connectivity index (χ4v) is 7.37. The maximum Gasteiger partial charge on any atom is 0.196 e. The van der Waals surface area contributed by atoms with Gasteiger partial charge in [0.2, 0.25) is 0 Å². The summed E-state index contributed by atoms with van der Waals surface area (Å²) in [7, 11) is 5.77. The minimum absolute atomic E-state index is 0.637. The van der Waals surface area contributed by atoms with Gasteiger partial charge in [0, 0.05) is 47.5 Å². The third-order valence-electron chi connectivity index (χ3n) is 8.28. The molecule has 1 N–H and O–H groups in total. The zero-order valence-electron chi connectivity index (χ0n) is 26.0. The largest absolute Gasteiger partial charge is 0.497 e. The van der Waals surface area contributed by atoms with Crippen LogP contribution in [0.2, 0.25) is 0 Å². The Morgan fingerprint density at radius 1 is 0.844 bits per heavy atom. The lowest BCUT2D eigenvalue weighted by molar-refractivity contribution is 0.156. The van der Waals surface area contributed by atoms with Gasteiger partial charge < -0.3 is 24.4 Å². The van der Waals surface area contributed by atoms with E-state index in [4.69, 9.17) is 19.2 Å². The Kier molecular flexibility index (Phi) is 7.34. The lowest BCUT2D eigenvalue weighted by Gasteiger charge is -2.40. The molecule has 0 spiro atoms. The van der Waals surface area contributed by atoms with Crippen molar-refractivity contribution >= 4 is 38.6 Å². The molecule has 1 atom stereocenters.